The molecule has 0 aromatic heterocycles. The summed E-state index contributed by atoms with van der Waals surface area (Å²) in [6.07, 6.45) is 0. The molecule has 12 heavy (non-hydrogen) atoms. The normalized spacial score (nSPS) is 14.5. The van der Waals surface area contributed by atoms with Gasteiger partial charge in [-0.15, -0.1) is 0 Å². The molecule has 0 radical (unpaired) electrons. The lowest BCUT2D eigenvalue weighted by Crippen LogP contribution is -2.54. The van der Waals surface area contributed by atoms with Gasteiger partial charge in [-0.25, -0.2) is 0 Å². The van der Waals surface area contributed by atoms with Crippen molar-refractivity contribution in [3.05, 3.63) is 0 Å². The lowest BCUT2D eigenvalue weighted by Gasteiger charge is -2.43. The zero-order valence-electron chi connectivity index (χ0n) is 8.16. The lowest BCUT2D eigenvalue weighted by atomic mass is 10.1. The number of rotatable bonds is 2. The Morgan fingerprint density at radius 3 is 1.42 bits per heavy atom. The van der Waals surface area contributed by atoms with Crippen LogP contribution in [0, 0.1) is 0 Å². The minimum atomic E-state index is -1.24. The maximum absolute atomic E-state index is 2.64. The summed E-state index contributed by atoms with van der Waals surface area (Å²) < 4.78 is 1.40. The SMILES string of the molecule is CC(C)N(C(C)(C)C)[Si](I)(I)I. The van der Waals surface area contributed by atoms with E-state index < -0.39 is 0.725 Å². The molecule has 5 heteroatoms. The van der Waals surface area contributed by atoms with E-state index in [1.807, 2.05) is 0 Å². The van der Waals surface area contributed by atoms with Crippen LogP contribution in [0.2, 0.25) is 0 Å². The minimum Gasteiger partial charge on any atom is -0.293 e. The first kappa shape index (κ1) is 14.4. The van der Waals surface area contributed by atoms with Gasteiger partial charge in [0.25, 0.3) is 0 Å². The van der Waals surface area contributed by atoms with Gasteiger partial charge in [-0.2, -0.15) is 0 Å². The highest BCUT2D eigenvalue weighted by molar-refractivity contribution is 14.4. The van der Waals surface area contributed by atoms with Crippen LogP contribution in [-0.2, 0) is 0 Å². The Morgan fingerprint density at radius 2 is 1.42 bits per heavy atom. The molecule has 0 atom stereocenters. The Morgan fingerprint density at radius 1 is 1.08 bits per heavy atom. The van der Waals surface area contributed by atoms with Crippen LogP contribution in [0.25, 0.3) is 0 Å². The molecule has 0 unspecified atom stereocenters. The molecular weight excluding hydrogens is 507 g/mol. The molecule has 0 heterocycles. The van der Waals surface area contributed by atoms with Crippen LogP contribution in [-0.4, -0.2) is 16.9 Å². The van der Waals surface area contributed by atoms with Crippen LogP contribution >= 0.6 is 65.4 Å². The van der Waals surface area contributed by atoms with E-state index in [9.17, 15) is 0 Å². The molecule has 0 saturated heterocycles. The van der Waals surface area contributed by atoms with Gasteiger partial charge in [-0.05, 0) is 26.8 Å². The molecule has 0 aliphatic heterocycles. The molecule has 0 fully saturated rings. The fourth-order valence-corrected chi connectivity index (χ4v) is 14.3. The summed E-state index contributed by atoms with van der Waals surface area (Å²) in [5, 5.41) is 0. The molecule has 0 aromatic rings. The third-order valence-corrected chi connectivity index (χ3v) is 7.92. The van der Waals surface area contributed by atoms with Crippen LogP contribution in [0.5, 0.6) is 0 Å². The molecule has 0 N–H and O–H groups in total. The van der Waals surface area contributed by atoms with Gasteiger partial charge in [0.2, 0.25) is 0 Å². The Labute approximate surface area is 115 Å². The molecule has 0 aliphatic carbocycles. The van der Waals surface area contributed by atoms with Gasteiger partial charge in [0.1, 0.15) is 0 Å². The molecule has 0 rings (SSSR count). The van der Waals surface area contributed by atoms with E-state index in [1.165, 1.54) is 0 Å². The number of hydrogen-bond acceptors (Lipinski definition) is 1. The number of nitrogens with zero attached hydrogens (tertiary/aromatic N) is 1. The predicted molar refractivity (Wildman–Crippen MR) is 84.5 cm³/mol. The quantitative estimate of drug-likeness (QED) is 0.298. The molecule has 74 valence electrons. The molecule has 0 aliphatic rings. The van der Waals surface area contributed by atoms with E-state index in [4.69, 9.17) is 0 Å². The van der Waals surface area contributed by atoms with E-state index in [-0.39, 0.29) is 0 Å². The van der Waals surface area contributed by atoms with E-state index in [2.05, 4.69) is 105 Å². The first-order valence-corrected chi connectivity index (χ1v) is 15.2. The average Bonchev–Trinajstić information content (AvgIpc) is 1.49. The second-order valence-corrected chi connectivity index (χ2v) is 38.1. The fourth-order valence-electron chi connectivity index (χ4n) is 1.45. The summed E-state index contributed by atoms with van der Waals surface area (Å²) in [4.78, 5) is 0. The number of hydrogen-bond donors (Lipinski definition) is 0. The van der Waals surface area contributed by atoms with Crippen LogP contribution in [0.1, 0.15) is 34.6 Å². The molecular formula is C7H16I3NSi. The monoisotopic (exact) mass is 523 g/mol. The van der Waals surface area contributed by atoms with Crippen LogP contribution in [0.4, 0.5) is 0 Å². The summed E-state index contributed by atoms with van der Waals surface area (Å²) in [6, 6.07) is 0.641. The Bertz CT molecular complexity index is 134. The Kier molecular flexibility index (Phi) is 5.90. The summed E-state index contributed by atoms with van der Waals surface area (Å²) in [7, 11) is 0. The third kappa shape index (κ3) is 4.74. The van der Waals surface area contributed by atoms with Gasteiger partial charge >= 0.3 is 0.725 Å². The molecule has 0 spiro atoms. The van der Waals surface area contributed by atoms with E-state index in [0.29, 0.717) is 11.6 Å². The van der Waals surface area contributed by atoms with Crippen LogP contribution < -0.4 is 0 Å². The van der Waals surface area contributed by atoms with Gasteiger partial charge in [-0.3, -0.25) is 4.57 Å². The van der Waals surface area contributed by atoms with E-state index >= 15 is 0 Å². The van der Waals surface area contributed by atoms with Crippen molar-refractivity contribution in [2.24, 2.45) is 0 Å². The molecule has 0 aromatic carbocycles. The van der Waals surface area contributed by atoms with Gasteiger partial charge in [0, 0.05) is 5.54 Å². The van der Waals surface area contributed by atoms with Crippen LogP contribution in [0.3, 0.4) is 0 Å². The second-order valence-electron chi connectivity index (χ2n) is 4.10. The van der Waals surface area contributed by atoms with Gasteiger partial charge < -0.3 is 0 Å². The standard InChI is InChI=1S/C7H16I3NSi/c1-6(2)11(7(3,4)5)12(8,9)10/h6H,1-5H3. The third-order valence-electron chi connectivity index (χ3n) is 1.51. The highest BCUT2D eigenvalue weighted by Crippen LogP contribution is 2.39. The van der Waals surface area contributed by atoms with Crippen molar-refractivity contribution in [3.8, 4) is 0 Å². The molecule has 0 bridgehead atoms. The second kappa shape index (κ2) is 4.93. The smallest absolute Gasteiger partial charge is 0.293 e. The highest BCUT2D eigenvalue weighted by Gasteiger charge is 2.40. The summed E-state index contributed by atoms with van der Waals surface area (Å²) >= 11 is 7.85. The Balaban J connectivity index is 4.70. The van der Waals surface area contributed by atoms with Crippen molar-refractivity contribution in [2.75, 3.05) is 0 Å². The molecule has 0 amide bonds. The van der Waals surface area contributed by atoms with Crippen molar-refractivity contribution in [2.45, 2.75) is 46.2 Å². The van der Waals surface area contributed by atoms with E-state index in [0.717, 1.165) is 0 Å². The van der Waals surface area contributed by atoms with Crippen molar-refractivity contribution in [1.29, 1.82) is 0 Å². The van der Waals surface area contributed by atoms with Crippen molar-refractivity contribution in [3.63, 3.8) is 0 Å². The highest BCUT2D eigenvalue weighted by atomic mass is 127. The summed E-state index contributed by atoms with van der Waals surface area (Å²) in [5.74, 6) is 0. The molecule has 0 saturated carbocycles. The van der Waals surface area contributed by atoms with Crippen LogP contribution in [0.15, 0.2) is 0 Å². The van der Waals surface area contributed by atoms with Gasteiger partial charge in [0.05, 0.1) is 0 Å². The van der Waals surface area contributed by atoms with Gasteiger partial charge in [0.15, 0.2) is 0 Å². The minimum absolute atomic E-state index is 0.296. The first-order chi connectivity index (χ1) is 5.07. The maximum Gasteiger partial charge on any atom is 0.329 e. The topological polar surface area (TPSA) is 3.24 Å². The van der Waals surface area contributed by atoms with Crippen molar-refractivity contribution < 1.29 is 0 Å². The van der Waals surface area contributed by atoms with Crippen molar-refractivity contribution >= 4 is 66.1 Å². The predicted octanol–water partition coefficient (Wildman–Crippen LogP) is 4.24. The first-order valence-electron chi connectivity index (χ1n) is 3.93. The number of halogens is 3. The van der Waals surface area contributed by atoms with E-state index in [1.54, 1.807) is 0 Å². The zero-order chi connectivity index (χ0) is 10.2. The lowest BCUT2D eigenvalue weighted by molar-refractivity contribution is 0.215. The fraction of sp³-hybridized carbons (Fsp3) is 1.00. The summed E-state index contributed by atoms with van der Waals surface area (Å²) in [6.45, 7) is 11.5. The Hall–Kier alpha value is 2.37. The van der Waals surface area contributed by atoms with Crippen molar-refractivity contribution in [1.82, 2.24) is 4.57 Å². The van der Waals surface area contributed by atoms with Gasteiger partial charge in [-0.1, -0.05) is 79.2 Å². The average molecular weight is 523 g/mol. The zero-order valence-corrected chi connectivity index (χ0v) is 15.6. The maximum atomic E-state index is 2.64. The summed E-state index contributed by atoms with van der Waals surface area (Å²) in [5.41, 5.74) is 0.296. The largest absolute Gasteiger partial charge is 0.329 e. The molecule has 1 nitrogen and oxygen atoms in total.